The van der Waals surface area contributed by atoms with Gasteiger partial charge >= 0.3 is 0 Å². The minimum absolute atomic E-state index is 0.547. The molecule has 0 saturated heterocycles. The van der Waals surface area contributed by atoms with Crippen molar-refractivity contribution in [2.24, 2.45) is 0 Å². The zero-order chi connectivity index (χ0) is 13.5. The average molecular weight is 262 g/mol. The lowest BCUT2D eigenvalue weighted by atomic mass is 9.83. The topological polar surface area (TPSA) is 0 Å². The van der Waals surface area contributed by atoms with E-state index in [9.17, 15) is 4.39 Å². The molecule has 0 amide bonds. The lowest BCUT2D eigenvalue weighted by molar-refractivity contribution is 0.235. The van der Waals surface area contributed by atoms with Crippen LogP contribution in [0.4, 0.5) is 4.39 Å². The van der Waals surface area contributed by atoms with Crippen LogP contribution < -0.4 is 0 Å². The van der Waals surface area contributed by atoms with E-state index in [1.54, 1.807) is 0 Å². The Morgan fingerprint density at radius 1 is 0.947 bits per heavy atom. The van der Waals surface area contributed by atoms with E-state index in [2.05, 4.69) is 31.2 Å². The molecule has 1 aromatic carbocycles. The summed E-state index contributed by atoms with van der Waals surface area (Å²) < 4.78 is 13.1. The van der Waals surface area contributed by atoms with Crippen molar-refractivity contribution >= 4 is 0 Å². The van der Waals surface area contributed by atoms with E-state index < -0.39 is 6.17 Å². The van der Waals surface area contributed by atoms with Crippen LogP contribution in [0.25, 0.3) is 0 Å². The minimum atomic E-state index is -0.547. The van der Waals surface area contributed by atoms with Gasteiger partial charge in [0.25, 0.3) is 0 Å². The predicted octanol–water partition coefficient (Wildman–Crippen LogP) is 5.81. The third kappa shape index (κ3) is 4.63. The molecule has 0 radical (unpaired) electrons. The SMILES string of the molecule is CCCCCCc1ccc(C2CCC(F)CC2)cc1. The van der Waals surface area contributed by atoms with Gasteiger partial charge in [-0.25, -0.2) is 4.39 Å². The summed E-state index contributed by atoms with van der Waals surface area (Å²) in [5.41, 5.74) is 2.88. The normalized spacial score (nSPS) is 23.5. The van der Waals surface area contributed by atoms with Crippen LogP contribution in [0.1, 0.15) is 75.3 Å². The second-order valence-electron chi connectivity index (χ2n) is 6.00. The Labute approximate surface area is 117 Å². The smallest absolute Gasteiger partial charge is 0.100 e. The van der Waals surface area contributed by atoms with Crippen molar-refractivity contribution in [1.82, 2.24) is 0 Å². The van der Waals surface area contributed by atoms with Crippen molar-refractivity contribution in [1.29, 1.82) is 0 Å². The van der Waals surface area contributed by atoms with Gasteiger partial charge in [0, 0.05) is 0 Å². The van der Waals surface area contributed by atoms with Crippen LogP contribution >= 0.6 is 0 Å². The number of aryl methyl sites for hydroxylation is 1. The minimum Gasteiger partial charge on any atom is -0.247 e. The molecule has 0 spiro atoms. The van der Waals surface area contributed by atoms with Crippen LogP contribution in [-0.2, 0) is 6.42 Å². The van der Waals surface area contributed by atoms with Gasteiger partial charge in [0.1, 0.15) is 6.17 Å². The number of hydrogen-bond acceptors (Lipinski definition) is 0. The Hall–Kier alpha value is -0.850. The molecule has 1 aliphatic rings. The van der Waals surface area contributed by atoms with Gasteiger partial charge in [0.05, 0.1) is 0 Å². The summed E-state index contributed by atoms with van der Waals surface area (Å²) in [5.74, 6) is 0.598. The molecule has 1 heteroatoms. The number of hydrogen-bond donors (Lipinski definition) is 0. The summed E-state index contributed by atoms with van der Waals surface area (Å²) in [7, 11) is 0. The lowest BCUT2D eigenvalue weighted by Gasteiger charge is -2.24. The van der Waals surface area contributed by atoms with Crippen molar-refractivity contribution in [2.75, 3.05) is 0 Å². The van der Waals surface area contributed by atoms with Crippen LogP contribution in [0.15, 0.2) is 24.3 Å². The molecule has 1 aromatic rings. The van der Waals surface area contributed by atoms with Crippen molar-refractivity contribution in [3.05, 3.63) is 35.4 Å². The van der Waals surface area contributed by atoms with Gasteiger partial charge in [-0.05, 0) is 55.6 Å². The van der Waals surface area contributed by atoms with E-state index in [0.717, 1.165) is 25.7 Å². The molecule has 0 nitrogen and oxygen atoms in total. The summed E-state index contributed by atoms with van der Waals surface area (Å²) in [6.45, 7) is 2.25. The van der Waals surface area contributed by atoms with Crippen LogP contribution in [0.5, 0.6) is 0 Å². The van der Waals surface area contributed by atoms with Gasteiger partial charge in [0.2, 0.25) is 0 Å². The molecular formula is C18H27F. The Balaban J connectivity index is 1.81. The van der Waals surface area contributed by atoms with Gasteiger partial charge in [-0.15, -0.1) is 0 Å². The van der Waals surface area contributed by atoms with E-state index in [1.807, 2.05) is 0 Å². The molecule has 106 valence electrons. The summed E-state index contributed by atoms with van der Waals surface area (Å²) in [6, 6.07) is 9.11. The Morgan fingerprint density at radius 3 is 2.26 bits per heavy atom. The van der Waals surface area contributed by atoms with Gasteiger partial charge in [-0.2, -0.15) is 0 Å². The van der Waals surface area contributed by atoms with E-state index in [-0.39, 0.29) is 0 Å². The summed E-state index contributed by atoms with van der Waals surface area (Å²) in [6.07, 6.45) is 9.52. The first-order valence-corrected chi connectivity index (χ1v) is 8.02. The molecule has 0 aromatic heterocycles. The maximum Gasteiger partial charge on any atom is 0.100 e. The van der Waals surface area contributed by atoms with Crippen molar-refractivity contribution < 1.29 is 4.39 Å². The number of unbranched alkanes of at least 4 members (excludes halogenated alkanes) is 3. The van der Waals surface area contributed by atoms with Crippen LogP contribution in [0.3, 0.4) is 0 Å². The van der Waals surface area contributed by atoms with Crippen molar-refractivity contribution in [3.63, 3.8) is 0 Å². The Bertz CT molecular complexity index is 346. The van der Waals surface area contributed by atoms with Crippen molar-refractivity contribution in [3.8, 4) is 0 Å². The van der Waals surface area contributed by atoms with Gasteiger partial charge in [0.15, 0.2) is 0 Å². The fourth-order valence-electron chi connectivity index (χ4n) is 3.10. The molecule has 0 atom stereocenters. The molecule has 0 N–H and O–H groups in total. The number of halogens is 1. The first-order valence-electron chi connectivity index (χ1n) is 8.02. The second kappa shape index (κ2) is 7.67. The van der Waals surface area contributed by atoms with E-state index in [0.29, 0.717) is 5.92 Å². The van der Waals surface area contributed by atoms with E-state index in [4.69, 9.17) is 0 Å². The number of alkyl halides is 1. The highest BCUT2D eigenvalue weighted by atomic mass is 19.1. The van der Waals surface area contributed by atoms with E-state index >= 15 is 0 Å². The molecule has 1 fully saturated rings. The standard InChI is InChI=1S/C18H27F/c1-2-3-4-5-6-15-7-9-16(10-8-15)17-11-13-18(19)14-12-17/h7-10,17-18H,2-6,11-14H2,1H3. The first kappa shape index (κ1) is 14.6. The molecule has 0 unspecified atom stereocenters. The molecule has 0 bridgehead atoms. The van der Waals surface area contributed by atoms with E-state index in [1.165, 1.54) is 43.2 Å². The summed E-state index contributed by atoms with van der Waals surface area (Å²) >= 11 is 0. The molecule has 1 saturated carbocycles. The van der Waals surface area contributed by atoms with Gasteiger partial charge < -0.3 is 0 Å². The predicted molar refractivity (Wildman–Crippen MR) is 80.4 cm³/mol. The molecule has 19 heavy (non-hydrogen) atoms. The highest BCUT2D eigenvalue weighted by Gasteiger charge is 2.21. The van der Waals surface area contributed by atoms with Crippen molar-refractivity contribution in [2.45, 2.75) is 76.8 Å². The maximum atomic E-state index is 13.1. The maximum absolute atomic E-state index is 13.1. The quantitative estimate of drug-likeness (QED) is 0.568. The molecular weight excluding hydrogens is 235 g/mol. The Kier molecular flexibility index (Phi) is 5.88. The number of benzene rings is 1. The third-order valence-corrected chi connectivity index (χ3v) is 4.43. The average Bonchev–Trinajstić information content (AvgIpc) is 2.45. The lowest BCUT2D eigenvalue weighted by Crippen LogP contribution is -2.13. The van der Waals surface area contributed by atoms with Crippen LogP contribution in [-0.4, -0.2) is 6.17 Å². The largest absolute Gasteiger partial charge is 0.247 e. The zero-order valence-electron chi connectivity index (χ0n) is 12.2. The summed E-state index contributed by atoms with van der Waals surface area (Å²) in [4.78, 5) is 0. The zero-order valence-corrected chi connectivity index (χ0v) is 12.2. The highest BCUT2D eigenvalue weighted by Crippen LogP contribution is 2.34. The van der Waals surface area contributed by atoms with Crippen LogP contribution in [0, 0.1) is 0 Å². The fraction of sp³-hybridized carbons (Fsp3) is 0.667. The molecule has 0 heterocycles. The second-order valence-corrected chi connectivity index (χ2v) is 6.00. The van der Waals surface area contributed by atoms with Crippen LogP contribution in [0.2, 0.25) is 0 Å². The third-order valence-electron chi connectivity index (χ3n) is 4.43. The monoisotopic (exact) mass is 262 g/mol. The number of rotatable bonds is 6. The van der Waals surface area contributed by atoms with Gasteiger partial charge in [-0.3, -0.25) is 0 Å². The molecule has 1 aliphatic carbocycles. The first-order chi connectivity index (χ1) is 9.29. The van der Waals surface area contributed by atoms with Gasteiger partial charge in [-0.1, -0.05) is 50.5 Å². The molecule has 2 rings (SSSR count). The summed E-state index contributed by atoms with van der Waals surface area (Å²) in [5, 5.41) is 0. The fourth-order valence-corrected chi connectivity index (χ4v) is 3.10. The Morgan fingerprint density at radius 2 is 1.63 bits per heavy atom. The highest BCUT2D eigenvalue weighted by molar-refractivity contribution is 5.26. The molecule has 0 aliphatic heterocycles.